The van der Waals surface area contributed by atoms with Gasteiger partial charge in [0, 0.05) is 12.6 Å². The number of hydrogen-bond acceptors (Lipinski definition) is 5. The lowest BCUT2D eigenvalue weighted by molar-refractivity contribution is -0.122. The van der Waals surface area contributed by atoms with Gasteiger partial charge in [-0.2, -0.15) is 0 Å². The highest BCUT2D eigenvalue weighted by molar-refractivity contribution is 6.08. The molecule has 1 unspecified atom stereocenters. The van der Waals surface area contributed by atoms with Crippen LogP contribution < -0.4 is 5.73 Å². The molecular weight excluding hydrogens is 399 g/mol. The van der Waals surface area contributed by atoms with E-state index in [4.69, 9.17) is 10.3 Å². The van der Waals surface area contributed by atoms with Crippen molar-refractivity contribution in [3.8, 4) is 11.3 Å². The normalized spacial score (nSPS) is 12.0. The second kappa shape index (κ2) is 7.98. The summed E-state index contributed by atoms with van der Waals surface area (Å²) in [7, 11) is 1.44. The average molecular weight is 418 g/mol. The van der Waals surface area contributed by atoms with Gasteiger partial charge in [-0.1, -0.05) is 47.6 Å². The Bertz CT molecular complexity index is 1290. The maximum absolute atomic E-state index is 13.8. The fourth-order valence-electron chi connectivity index (χ4n) is 3.58. The lowest BCUT2D eigenvalue weighted by Crippen LogP contribution is -2.39. The van der Waals surface area contributed by atoms with Crippen molar-refractivity contribution in [2.24, 2.45) is 5.73 Å². The van der Waals surface area contributed by atoms with Crippen LogP contribution in [0.2, 0.25) is 0 Å². The molecule has 0 radical (unpaired) electrons. The largest absolute Gasteiger partial charge is 0.368 e. The van der Waals surface area contributed by atoms with E-state index in [0.717, 1.165) is 5.56 Å². The lowest BCUT2D eigenvalue weighted by Gasteiger charge is -2.26. The van der Waals surface area contributed by atoms with Crippen LogP contribution in [0.5, 0.6) is 0 Å². The smallest absolute Gasteiger partial charge is 0.259 e. The summed E-state index contributed by atoms with van der Waals surface area (Å²) in [6, 6.07) is 15.2. The van der Waals surface area contributed by atoms with E-state index in [1.54, 1.807) is 19.1 Å². The third-order valence-electron chi connectivity index (χ3n) is 5.06. The molecule has 0 saturated heterocycles. The van der Waals surface area contributed by atoms with Gasteiger partial charge in [-0.3, -0.25) is 9.59 Å². The fourth-order valence-corrected chi connectivity index (χ4v) is 3.58. The highest BCUT2D eigenvalue weighted by Gasteiger charge is 2.30. The van der Waals surface area contributed by atoms with Crippen molar-refractivity contribution in [1.82, 2.24) is 15.0 Å². The van der Waals surface area contributed by atoms with E-state index in [1.807, 2.05) is 30.3 Å². The minimum Gasteiger partial charge on any atom is -0.368 e. The van der Waals surface area contributed by atoms with Crippen LogP contribution in [0.4, 0.5) is 4.39 Å². The van der Waals surface area contributed by atoms with E-state index in [-0.39, 0.29) is 16.8 Å². The number of likely N-dealkylation sites (N-methyl/N-ethyl adjacent to an activating group) is 1. The van der Waals surface area contributed by atoms with Gasteiger partial charge in [0.05, 0.1) is 22.3 Å². The number of hydrogen-bond donors (Lipinski definition) is 1. The van der Waals surface area contributed by atoms with Gasteiger partial charge < -0.3 is 15.2 Å². The molecule has 2 amide bonds. The van der Waals surface area contributed by atoms with E-state index in [9.17, 15) is 14.0 Å². The number of aryl methyl sites for hydroxylation is 1. The Morgan fingerprint density at radius 3 is 2.52 bits per heavy atom. The fraction of sp³-hybridized carbons (Fsp3) is 0.130. The van der Waals surface area contributed by atoms with E-state index in [0.29, 0.717) is 16.8 Å². The Kier molecular flexibility index (Phi) is 5.21. The number of fused-ring (bicyclic) bond motifs is 1. The summed E-state index contributed by atoms with van der Waals surface area (Å²) in [6.07, 6.45) is 0. The SMILES string of the molecule is Cc1noc2nc(-c3ccccc3)cc(C(=O)N(C)C(C(N)=O)c3cccc(F)c3)c12. The van der Waals surface area contributed by atoms with Gasteiger partial charge >= 0.3 is 0 Å². The van der Waals surface area contributed by atoms with Crippen LogP contribution in [0.25, 0.3) is 22.4 Å². The van der Waals surface area contributed by atoms with Crippen LogP contribution in [0, 0.1) is 12.7 Å². The summed E-state index contributed by atoms with van der Waals surface area (Å²) in [6.45, 7) is 1.70. The Balaban J connectivity index is 1.84. The molecule has 2 heterocycles. The Morgan fingerprint density at radius 1 is 1.10 bits per heavy atom. The number of benzene rings is 2. The zero-order valence-electron chi connectivity index (χ0n) is 16.9. The number of carbonyl (C=O) groups is 2. The molecule has 4 aromatic rings. The maximum Gasteiger partial charge on any atom is 0.259 e. The van der Waals surface area contributed by atoms with Gasteiger partial charge in [0.15, 0.2) is 0 Å². The quantitative estimate of drug-likeness (QED) is 0.533. The van der Waals surface area contributed by atoms with Crippen LogP contribution in [0.3, 0.4) is 0 Å². The van der Waals surface area contributed by atoms with Crippen molar-refractivity contribution in [3.05, 3.63) is 83.3 Å². The summed E-state index contributed by atoms with van der Waals surface area (Å²) in [5.41, 5.74) is 8.11. The summed E-state index contributed by atoms with van der Waals surface area (Å²) < 4.78 is 19.1. The number of nitrogens with zero attached hydrogens (tertiary/aromatic N) is 3. The van der Waals surface area contributed by atoms with Crippen LogP contribution in [0.1, 0.15) is 27.7 Å². The van der Waals surface area contributed by atoms with Gasteiger partial charge in [-0.15, -0.1) is 0 Å². The molecule has 0 saturated carbocycles. The molecular formula is C23H19FN4O3. The van der Waals surface area contributed by atoms with Crippen molar-refractivity contribution in [3.63, 3.8) is 0 Å². The van der Waals surface area contributed by atoms with Gasteiger partial charge in [0.2, 0.25) is 5.91 Å². The summed E-state index contributed by atoms with van der Waals surface area (Å²) in [5.74, 6) is -1.81. The van der Waals surface area contributed by atoms with E-state index < -0.39 is 23.7 Å². The molecule has 0 fully saturated rings. The first-order valence-corrected chi connectivity index (χ1v) is 9.51. The van der Waals surface area contributed by atoms with E-state index in [1.165, 1.54) is 30.1 Å². The minimum atomic E-state index is -1.16. The van der Waals surface area contributed by atoms with E-state index >= 15 is 0 Å². The first-order valence-electron chi connectivity index (χ1n) is 9.51. The third-order valence-corrected chi connectivity index (χ3v) is 5.06. The first kappa shape index (κ1) is 20.2. The van der Waals surface area contributed by atoms with Crippen molar-refractivity contribution in [1.29, 1.82) is 0 Å². The van der Waals surface area contributed by atoms with Gasteiger partial charge in [-0.25, -0.2) is 9.37 Å². The van der Waals surface area contributed by atoms with Gasteiger partial charge in [0.25, 0.3) is 11.6 Å². The molecule has 2 aromatic carbocycles. The number of halogens is 1. The van der Waals surface area contributed by atoms with Crippen molar-refractivity contribution >= 4 is 22.9 Å². The predicted molar refractivity (Wildman–Crippen MR) is 112 cm³/mol. The van der Waals surface area contributed by atoms with Crippen molar-refractivity contribution in [2.75, 3.05) is 7.05 Å². The number of rotatable bonds is 5. The molecule has 2 N–H and O–H groups in total. The topological polar surface area (TPSA) is 102 Å². The monoisotopic (exact) mass is 418 g/mol. The highest BCUT2D eigenvalue weighted by Crippen LogP contribution is 2.30. The third kappa shape index (κ3) is 3.75. The molecule has 0 aliphatic heterocycles. The second-order valence-corrected chi connectivity index (χ2v) is 7.15. The predicted octanol–water partition coefficient (Wildman–Crippen LogP) is 3.64. The number of amides is 2. The number of pyridine rings is 1. The van der Waals surface area contributed by atoms with Crippen molar-refractivity contribution < 1.29 is 18.5 Å². The van der Waals surface area contributed by atoms with Gasteiger partial charge in [-0.05, 0) is 30.7 Å². The molecule has 4 rings (SSSR count). The Morgan fingerprint density at radius 2 is 1.84 bits per heavy atom. The standard InChI is InChI=1S/C23H19FN4O3/c1-13-19-17(12-18(26-22(19)31-27-13)14-7-4-3-5-8-14)23(30)28(2)20(21(25)29)15-9-6-10-16(24)11-15/h3-12,20H,1-2H3,(H2,25,29). The minimum absolute atomic E-state index is 0.206. The molecule has 1 atom stereocenters. The number of nitrogens with two attached hydrogens (primary N) is 1. The molecule has 8 heteroatoms. The molecule has 156 valence electrons. The van der Waals surface area contributed by atoms with Crippen LogP contribution in [-0.4, -0.2) is 33.9 Å². The summed E-state index contributed by atoms with van der Waals surface area (Å²) in [5, 5.41) is 4.38. The summed E-state index contributed by atoms with van der Waals surface area (Å²) in [4.78, 5) is 31.4. The van der Waals surface area contributed by atoms with Crippen molar-refractivity contribution in [2.45, 2.75) is 13.0 Å². The molecule has 0 spiro atoms. The Labute approximate surface area is 177 Å². The zero-order valence-corrected chi connectivity index (χ0v) is 16.9. The summed E-state index contributed by atoms with van der Waals surface area (Å²) >= 11 is 0. The molecule has 0 aliphatic rings. The number of primary amides is 1. The average Bonchev–Trinajstić information content (AvgIpc) is 3.14. The lowest BCUT2D eigenvalue weighted by atomic mass is 10.0. The molecule has 31 heavy (non-hydrogen) atoms. The zero-order chi connectivity index (χ0) is 22.1. The van der Waals surface area contributed by atoms with Crippen LogP contribution in [0.15, 0.2) is 65.2 Å². The number of carbonyl (C=O) groups excluding carboxylic acids is 2. The Hall–Kier alpha value is -4.07. The van der Waals surface area contributed by atoms with E-state index in [2.05, 4.69) is 10.1 Å². The molecule has 7 nitrogen and oxygen atoms in total. The second-order valence-electron chi connectivity index (χ2n) is 7.15. The van der Waals surface area contributed by atoms with Gasteiger partial charge in [0.1, 0.15) is 11.9 Å². The molecule has 0 aliphatic carbocycles. The molecule has 0 bridgehead atoms. The number of aromatic nitrogens is 2. The molecule has 2 aromatic heterocycles. The van der Waals surface area contributed by atoms with Crippen LogP contribution in [-0.2, 0) is 4.79 Å². The highest BCUT2D eigenvalue weighted by atomic mass is 19.1. The first-order chi connectivity index (χ1) is 14.9. The van der Waals surface area contributed by atoms with Crippen LogP contribution >= 0.6 is 0 Å². The maximum atomic E-state index is 13.8.